The van der Waals surface area contributed by atoms with E-state index >= 15 is 0 Å². The Labute approximate surface area is 149 Å². The Hall–Kier alpha value is -2.79. The summed E-state index contributed by atoms with van der Waals surface area (Å²) >= 11 is 6.16. The Balaban J connectivity index is 1.66. The highest BCUT2D eigenvalue weighted by Gasteiger charge is 2.16. The van der Waals surface area contributed by atoms with Crippen molar-refractivity contribution in [2.24, 2.45) is 0 Å². The predicted octanol–water partition coefficient (Wildman–Crippen LogP) is 4.23. The first-order chi connectivity index (χ1) is 12.0. The number of para-hydroxylation sites is 1. The quantitative estimate of drug-likeness (QED) is 0.687. The number of carbonyl (C=O) groups is 2. The molecule has 2 N–H and O–H groups in total. The molecular weight excluding hydrogens is 340 g/mol. The lowest BCUT2D eigenvalue weighted by Gasteiger charge is -2.11. The summed E-state index contributed by atoms with van der Waals surface area (Å²) in [5.41, 5.74) is 3.61. The fraction of sp³-hybridized carbons (Fsp3) is 0.158. The highest BCUT2D eigenvalue weighted by Crippen LogP contribution is 2.27. The Morgan fingerprint density at radius 2 is 1.96 bits per heavy atom. The molecule has 128 valence electrons. The van der Waals surface area contributed by atoms with E-state index in [9.17, 15) is 9.59 Å². The number of aromatic amines is 1. The molecule has 0 aliphatic rings. The SMILES string of the molecule is Cc1cc(C)c(NC(=O)COC(=O)c2c[nH]c3ccccc23)c(Cl)c1. The van der Waals surface area contributed by atoms with Crippen molar-refractivity contribution in [1.29, 1.82) is 0 Å². The van der Waals surface area contributed by atoms with Crippen LogP contribution in [0.3, 0.4) is 0 Å². The molecule has 3 aromatic rings. The molecular formula is C19H17ClN2O3. The highest BCUT2D eigenvalue weighted by molar-refractivity contribution is 6.34. The maximum atomic E-state index is 12.2. The molecule has 1 amide bonds. The Bertz CT molecular complexity index is 939. The second-order valence-corrected chi connectivity index (χ2v) is 6.22. The lowest BCUT2D eigenvalue weighted by molar-refractivity contribution is -0.119. The van der Waals surface area contributed by atoms with Crippen molar-refractivity contribution < 1.29 is 14.3 Å². The first-order valence-corrected chi connectivity index (χ1v) is 8.13. The number of rotatable bonds is 4. The van der Waals surface area contributed by atoms with Crippen LogP contribution in [0.5, 0.6) is 0 Å². The number of benzene rings is 2. The van der Waals surface area contributed by atoms with Gasteiger partial charge in [0.15, 0.2) is 6.61 Å². The normalized spacial score (nSPS) is 10.7. The second-order valence-electron chi connectivity index (χ2n) is 5.81. The first kappa shape index (κ1) is 17.0. The molecule has 25 heavy (non-hydrogen) atoms. The number of hydrogen-bond donors (Lipinski definition) is 2. The number of halogens is 1. The van der Waals surface area contributed by atoms with Crippen molar-refractivity contribution in [3.63, 3.8) is 0 Å². The van der Waals surface area contributed by atoms with Crippen LogP contribution in [0.4, 0.5) is 5.69 Å². The monoisotopic (exact) mass is 356 g/mol. The number of amides is 1. The Morgan fingerprint density at radius 1 is 1.20 bits per heavy atom. The van der Waals surface area contributed by atoms with Gasteiger partial charge in [0.25, 0.3) is 5.91 Å². The van der Waals surface area contributed by atoms with Gasteiger partial charge in [0.1, 0.15) is 0 Å². The van der Waals surface area contributed by atoms with Crippen molar-refractivity contribution in [3.05, 3.63) is 64.3 Å². The van der Waals surface area contributed by atoms with Gasteiger partial charge in [0.05, 0.1) is 16.3 Å². The number of esters is 1. The summed E-state index contributed by atoms with van der Waals surface area (Å²) in [7, 11) is 0. The van der Waals surface area contributed by atoms with Gasteiger partial charge in [-0.25, -0.2) is 4.79 Å². The van der Waals surface area contributed by atoms with Crippen LogP contribution in [0.25, 0.3) is 10.9 Å². The van der Waals surface area contributed by atoms with Crippen LogP contribution in [-0.2, 0) is 9.53 Å². The van der Waals surface area contributed by atoms with Crippen LogP contribution in [0.2, 0.25) is 5.02 Å². The molecule has 6 heteroatoms. The summed E-state index contributed by atoms with van der Waals surface area (Å²) in [5, 5.41) is 3.90. The fourth-order valence-electron chi connectivity index (χ4n) is 2.70. The number of fused-ring (bicyclic) bond motifs is 1. The average Bonchev–Trinajstić information content (AvgIpc) is 3.00. The molecule has 0 fully saturated rings. The van der Waals surface area contributed by atoms with E-state index < -0.39 is 11.9 Å². The Kier molecular flexibility index (Phi) is 4.76. The van der Waals surface area contributed by atoms with Gasteiger partial charge >= 0.3 is 5.97 Å². The van der Waals surface area contributed by atoms with E-state index in [0.717, 1.165) is 22.0 Å². The molecule has 0 saturated carbocycles. The van der Waals surface area contributed by atoms with Crippen LogP contribution >= 0.6 is 11.6 Å². The lowest BCUT2D eigenvalue weighted by atomic mass is 10.1. The maximum absolute atomic E-state index is 12.2. The summed E-state index contributed by atoms with van der Waals surface area (Å²) in [4.78, 5) is 27.3. The minimum Gasteiger partial charge on any atom is -0.452 e. The molecule has 0 radical (unpaired) electrons. The van der Waals surface area contributed by atoms with Crippen molar-refractivity contribution in [1.82, 2.24) is 4.98 Å². The smallest absolute Gasteiger partial charge is 0.340 e. The molecule has 0 aliphatic carbocycles. The van der Waals surface area contributed by atoms with E-state index in [4.69, 9.17) is 16.3 Å². The molecule has 3 rings (SSSR count). The van der Waals surface area contributed by atoms with Crippen LogP contribution in [0, 0.1) is 13.8 Å². The Morgan fingerprint density at radius 3 is 2.72 bits per heavy atom. The van der Waals surface area contributed by atoms with E-state index in [1.54, 1.807) is 12.3 Å². The topological polar surface area (TPSA) is 71.2 Å². The third kappa shape index (κ3) is 3.67. The molecule has 0 bridgehead atoms. The third-order valence-corrected chi connectivity index (χ3v) is 4.14. The summed E-state index contributed by atoms with van der Waals surface area (Å²) in [6.07, 6.45) is 1.58. The lowest BCUT2D eigenvalue weighted by Crippen LogP contribution is -2.21. The fourth-order valence-corrected chi connectivity index (χ4v) is 3.07. The van der Waals surface area contributed by atoms with Crippen molar-refractivity contribution in [2.45, 2.75) is 13.8 Å². The minimum absolute atomic E-state index is 0.387. The summed E-state index contributed by atoms with van der Waals surface area (Å²) in [5.74, 6) is -0.999. The summed E-state index contributed by atoms with van der Waals surface area (Å²) in [6, 6.07) is 11.1. The van der Waals surface area contributed by atoms with Crippen LogP contribution < -0.4 is 5.32 Å². The largest absolute Gasteiger partial charge is 0.452 e. The number of H-pyrrole nitrogens is 1. The van der Waals surface area contributed by atoms with E-state index in [0.29, 0.717) is 16.3 Å². The molecule has 0 spiro atoms. The van der Waals surface area contributed by atoms with Crippen LogP contribution in [0.15, 0.2) is 42.6 Å². The van der Waals surface area contributed by atoms with Crippen LogP contribution in [-0.4, -0.2) is 23.5 Å². The number of nitrogens with one attached hydrogen (secondary N) is 2. The number of carbonyl (C=O) groups excluding carboxylic acids is 2. The predicted molar refractivity (Wildman–Crippen MR) is 98.1 cm³/mol. The van der Waals surface area contributed by atoms with Crippen LogP contribution in [0.1, 0.15) is 21.5 Å². The maximum Gasteiger partial charge on any atom is 0.340 e. The average molecular weight is 357 g/mol. The summed E-state index contributed by atoms with van der Waals surface area (Å²) < 4.78 is 5.12. The third-order valence-electron chi connectivity index (χ3n) is 3.84. The molecule has 1 aromatic heterocycles. The number of aromatic nitrogens is 1. The van der Waals surface area contributed by atoms with E-state index in [2.05, 4.69) is 10.3 Å². The second kappa shape index (κ2) is 6.99. The molecule has 0 unspecified atom stereocenters. The van der Waals surface area contributed by atoms with Gasteiger partial charge < -0.3 is 15.0 Å². The molecule has 1 heterocycles. The number of ether oxygens (including phenoxy) is 1. The molecule has 0 aliphatic heterocycles. The number of aryl methyl sites for hydroxylation is 2. The minimum atomic E-state index is -0.556. The highest BCUT2D eigenvalue weighted by atomic mass is 35.5. The van der Waals surface area contributed by atoms with Crippen molar-refractivity contribution in [3.8, 4) is 0 Å². The van der Waals surface area contributed by atoms with E-state index in [-0.39, 0.29) is 6.61 Å². The van der Waals surface area contributed by atoms with Gasteiger partial charge in [0.2, 0.25) is 0 Å². The zero-order valence-electron chi connectivity index (χ0n) is 13.9. The van der Waals surface area contributed by atoms with Gasteiger partial charge in [-0.15, -0.1) is 0 Å². The van der Waals surface area contributed by atoms with Gasteiger partial charge in [-0.05, 0) is 37.1 Å². The number of hydrogen-bond acceptors (Lipinski definition) is 3. The molecule has 0 saturated heterocycles. The van der Waals surface area contributed by atoms with Crippen molar-refractivity contribution >= 4 is 40.1 Å². The standard InChI is InChI=1S/C19H17ClN2O3/c1-11-7-12(2)18(15(20)8-11)22-17(23)10-25-19(24)14-9-21-16-6-4-3-5-13(14)16/h3-9,21H,10H2,1-2H3,(H,22,23). The van der Waals surface area contributed by atoms with Gasteiger partial charge in [-0.1, -0.05) is 35.9 Å². The van der Waals surface area contributed by atoms with Gasteiger partial charge in [-0.2, -0.15) is 0 Å². The van der Waals surface area contributed by atoms with Crippen molar-refractivity contribution in [2.75, 3.05) is 11.9 Å². The zero-order chi connectivity index (χ0) is 18.0. The first-order valence-electron chi connectivity index (χ1n) is 7.75. The van der Waals surface area contributed by atoms with E-state index in [1.165, 1.54) is 0 Å². The molecule has 5 nitrogen and oxygen atoms in total. The number of anilines is 1. The molecule has 2 aromatic carbocycles. The van der Waals surface area contributed by atoms with E-state index in [1.807, 2.05) is 44.2 Å². The molecule has 0 atom stereocenters. The summed E-state index contributed by atoms with van der Waals surface area (Å²) in [6.45, 7) is 3.39. The van der Waals surface area contributed by atoms with Gasteiger partial charge in [-0.3, -0.25) is 4.79 Å². The zero-order valence-corrected chi connectivity index (χ0v) is 14.6. The van der Waals surface area contributed by atoms with Gasteiger partial charge in [0, 0.05) is 17.1 Å².